The zero-order valence-corrected chi connectivity index (χ0v) is 10.5. The van der Waals surface area contributed by atoms with Crippen LogP contribution in [0.5, 0.6) is 0 Å². The first-order valence-electron chi connectivity index (χ1n) is 4.90. The topological polar surface area (TPSA) is 51.2 Å². The summed E-state index contributed by atoms with van der Waals surface area (Å²) in [6.07, 6.45) is 0.238. The average molecular weight is 261 g/mol. The van der Waals surface area contributed by atoms with Gasteiger partial charge < -0.3 is 0 Å². The zero-order chi connectivity index (χ0) is 12.2. The third kappa shape index (κ3) is 3.94. The van der Waals surface area contributed by atoms with Crippen molar-refractivity contribution in [3.05, 3.63) is 34.9 Å². The van der Waals surface area contributed by atoms with Gasteiger partial charge in [-0.3, -0.25) is 4.79 Å². The van der Waals surface area contributed by atoms with Crippen molar-refractivity contribution in [2.45, 2.75) is 19.1 Å². The second-order valence-corrected chi connectivity index (χ2v) is 5.99. The molecule has 0 N–H and O–H groups in total. The van der Waals surface area contributed by atoms with Gasteiger partial charge in [-0.05, 0) is 11.6 Å². The van der Waals surface area contributed by atoms with Crippen molar-refractivity contribution in [1.29, 1.82) is 0 Å². The van der Waals surface area contributed by atoms with Gasteiger partial charge in [-0.1, -0.05) is 36.7 Å². The smallest absolute Gasteiger partial charge is 0.161 e. The van der Waals surface area contributed by atoms with Crippen LogP contribution in [0.3, 0.4) is 0 Å². The molecule has 0 heterocycles. The monoisotopic (exact) mass is 260 g/mol. The van der Waals surface area contributed by atoms with Crippen molar-refractivity contribution in [2.24, 2.45) is 0 Å². The molecule has 0 aliphatic heterocycles. The van der Waals surface area contributed by atoms with E-state index in [9.17, 15) is 13.2 Å². The quantitative estimate of drug-likeness (QED) is 0.816. The minimum Gasteiger partial charge on any atom is -0.299 e. The Labute approximate surface area is 100 Å². The maximum Gasteiger partial charge on any atom is 0.161 e. The molecule has 0 radical (unpaired) electrons. The van der Waals surface area contributed by atoms with Crippen LogP contribution in [0.4, 0.5) is 0 Å². The van der Waals surface area contributed by atoms with E-state index in [1.165, 1.54) is 0 Å². The molecule has 0 spiro atoms. The summed E-state index contributed by atoms with van der Waals surface area (Å²) in [5, 5.41) is 0.412. The second kappa shape index (κ2) is 5.46. The Kier molecular flexibility index (Phi) is 4.50. The lowest BCUT2D eigenvalue weighted by Crippen LogP contribution is -2.17. The van der Waals surface area contributed by atoms with Crippen LogP contribution in [0.15, 0.2) is 24.3 Å². The first-order chi connectivity index (χ1) is 7.44. The van der Waals surface area contributed by atoms with Crippen molar-refractivity contribution >= 4 is 27.2 Å². The molecule has 0 saturated carbocycles. The van der Waals surface area contributed by atoms with Crippen LogP contribution < -0.4 is 0 Å². The normalized spacial score (nSPS) is 11.4. The molecule has 16 heavy (non-hydrogen) atoms. The summed E-state index contributed by atoms with van der Waals surface area (Å²) >= 11 is 5.85. The molecule has 1 aromatic carbocycles. The highest BCUT2D eigenvalue weighted by molar-refractivity contribution is 7.91. The number of sulfone groups is 1. The summed E-state index contributed by atoms with van der Waals surface area (Å²) in [7, 11) is -3.40. The highest BCUT2D eigenvalue weighted by atomic mass is 35.5. The lowest BCUT2D eigenvalue weighted by molar-refractivity contribution is -0.116. The van der Waals surface area contributed by atoms with Gasteiger partial charge in [-0.15, -0.1) is 0 Å². The summed E-state index contributed by atoms with van der Waals surface area (Å²) < 4.78 is 23.3. The van der Waals surface area contributed by atoms with E-state index in [-0.39, 0.29) is 18.0 Å². The number of ketones is 1. The van der Waals surface area contributed by atoms with Crippen molar-refractivity contribution in [2.75, 3.05) is 5.75 Å². The predicted octanol–water partition coefficient (Wildman–Crippen LogP) is 2.23. The molecule has 0 fully saturated rings. The molecule has 1 aromatic rings. The van der Waals surface area contributed by atoms with Crippen LogP contribution in [-0.2, 0) is 20.4 Å². The fourth-order valence-electron chi connectivity index (χ4n) is 1.25. The fourth-order valence-corrected chi connectivity index (χ4v) is 3.05. The number of hydrogen-bond acceptors (Lipinski definition) is 3. The van der Waals surface area contributed by atoms with Gasteiger partial charge in [0, 0.05) is 11.4 Å². The van der Waals surface area contributed by atoms with Gasteiger partial charge in [-0.25, -0.2) is 8.42 Å². The van der Waals surface area contributed by atoms with Crippen LogP contribution >= 0.6 is 11.6 Å². The van der Waals surface area contributed by atoms with Gasteiger partial charge in [0.25, 0.3) is 0 Å². The Balaban J connectivity index is 2.81. The maximum absolute atomic E-state index is 11.6. The minimum atomic E-state index is -3.40. The molecule has 0 amide bonds. The molecule has 3 nitrogen and oxygen atoms in total. The molecule has 0 atom stereocenters. The standard InChI is InChI=1S/C11H13ClO3S/c1-2-10(13)8-16(14,15)7-9-5-3-4-6-11(9)12/h3-6H,2,7-8H2,1H3. The van der Waals surface area contributed by atoms with Crippen LogP contribution in [0, 0.1) is 0 Å². The molecule has 0 bridgehead atoms. The van der Waals surface area contributed by atoms with E-state index in [4.69, 9.17) is 11.6 Å². The second-order valence-electron chi connectivity index (χ2n) is 3.52. The van der Waals surface area contributed by atoms with Crippen LogP contribution in [-0.4, -0.2) is 20.0 Å². The molecule has 5 heteroatoms. The fraction of sp³-hybridized carbons (Fsp3) is 0.364. The van der Waals surface area contributed by atoms with Crippen LogP contribution in [0.1, 0.15) is 18.9 Å². The SMILES string of the molecule is CCC(=O)CS(=O)(=O)Cc1ccccc1Cl. The van der Waals surface area contributed by atoms with Crippen LogP contribution in [0.25, 0.3) is 0 Å². The average Bonchev–Trinajstić information content (AvgIpc) is 2.20. The van der Waals surface area contributed by atoms with E-state index in [1.54, 1.807) is 31.2 Å². The molecule has 0 saturated heterocycles. The molecule has 1 rings (SSSR count). The molecule has 0 unspecified atom stereocenters. The van der Waals surface area contributed by atoms with Crippen LogP contribution in [0.2, 0.25) is 5.02 Å². The molecule has 0 aliphatic carbocycles. The van der Waals surface area contributed by atoms with Gasteiger partial charge in [0.1, 0.15) is 11.5 Å². The van der Waals surface area contributed by atoms with Crippen molar-refractivity contribution in [3.8, 4) is 0 Å². The highest BCUT2D eigenvalue weighted by Gasteiger charge is 2.17. The van der Waals surface area contributed by atoms with E-state index >= 15 is 0 Å². The minimum absolute atomic E-state index is 0.182. The van der Waals surface area contributed by atoms with Crippen molar-refractivity contribution in [1.82, 2.24) is 0 Å². The molecule has 88 valence electrons. The first-order valence-corrected chi connectivity index (χ1v) is 7.10. The Hall–Kier alpha value is -0.870. The summed E-state index contributed by atoms with van der Waals surface area (Å²) in [6.45, 7) is 1.65. The number of Topliss-reactive ketones (excluding diaryl/α,β-unsaturated/α-hetero) is 1. The molecule has 0 aromatic heterocycles. The van der Waals surface area contributed by atoms with Crippen molar-refractivity contribution in [3.63, 3.8) is 0 Å². The predicted molar refractivity (Wildman–Crippen MR) is 64.2 cm³/mol. The van der Waals surface area contributed by atoms with Gasteiger partial charge in [0.05, 0.1) is 5.75 Å². The van der Waals surface area contributed by atoms with E-state index in [1.807, 2.05) is 0 Å². The first kappa shape index (κ1) is 13.2. The van der Waals surface area contributed by atoms with Gasteiger partial charge in [0.15, 0.2) is 9.84 Å². The van der Waals surface area contributed by atoms with Crippen molar-refractivity contribution < 1.29 is 13.2 Å². The Morgan fingerprint density at radius 1 is 1.31 bits per heavy atom. The summed E-state index contributed by atoms with van der Waals surface area (Å²) in [5.41, 5.74) is 0.535. The third-order valence-corrected chi connectivity index (χ3v) is 3.99. The molecular weight excluding hydrogens is 248 g/mol. The van der Waals surface area contributed by atoms with E-state index in [0.29, 0.717) is 10.6 Å². The Morgan fingerprint density at radius 2 is 1.94 bits per heavy atom. The largest absolute Gasteiger partial charge is 0.299 e. The lowest BCUT2D eigenvalue weighted by atomic mass is 10.2. The van der Waals surface area contributed by atoms with E-state index in [0.717, 1.165) is 0 Å². The molecular formula is C11H13ClO3S. The molecule has 0 aliphatic rings. The maximum atomic E-state index is 11.6. The van der Waals surface area contributed by atoms with E-state index < -0.39 is 15.6 Å². The van der Waals surface area contributed by atoms with Gasteiger partial charge in [-0.2, -0.15) is 0 Å². The Bertz CT molecular complexity index is 480. The number of carbonyl (C=O) groups is 1. The lowest BCUT2D eigenvalue weighted by Gasteiger charge is -2.04. The summed E-state index contributed by atoms with van der Waals surface area (Å²) in [4.78, 5) is 11.1. The number of rotatable bonds is 5. The summed E-state index contributed by atoms with van der Waals surface area (Å²) in [5.74, 6) is -0.861. The Morgan fingerprint density at radius 3 is 2.50 bits per heavy atom. The summed E-state index contributed by atoms with van der Waals surface area (Å²) in [6, 6.07) is 6.73. The number of halogens is 1. The number of benzene rings is 1. The number of hydrogen-bond donors (Lipinski definition) is 0. The number of carbonyl (C=O) groups excluding carboxylic acids is 1. The zero-order valence-electron chi connectivity index (χ0n) is 8.94. The van der Waals surface area contributed by atoms with Gasteiger partial charge in [0.2, 0.25) is 0 Å². The third-order valence-electron chi connectivity index (χ3n) is 2.11. The highest BCUT2D eigenvalue weighted by Crippen LogP contribution is 2.18. The van der Waals surface area contributed by atoms with E-state index in [2.05, 4.69) is 0 Å². The van der Waals surface area contributed by atoms with Gasteiger partial charge >= 0.3 is 0 Å².